The van der Waals surface area contributed by atoms with Gasteiger partial charge in [0, 0.05) is 23.0 Å². The number of amides is 2. The molecule has 0 aliphatic heterocycles. The summed E-state index contributed by atoms with van der Waals surface area (Å²) < 4.78 is 15.0. The average molecular weight is 465 g/mol. The second-order valence-corrected chi connectivity index (χ2v) is 9.56. The van der Waals surface area contributed by atoms with Crippen LogP contribution in [0.2, 0.25) is 0 Å². The van der Waals surface area contributed by atoms with Crippen molar-refractivity contribution in [2.45, 2.75) is 57.2 Å². The molecular formula is C27H29FN2O2S. The van der Waals surface area contributed by atoms with E-state index in [1.165, 1.54) is 28.7 Å². The van der Waals surface area contributed by atoms with Gasteiger partial charge in [0.2, 0.25) is 11.8 Å². The maximum Gasteiger partial charge on any atom is 0.247 e. The van der Waals surface area contributed by atoms with E-state index in [1.807, 2.05) is 47.8 Å². The summed E-state index contributed by atoms with van der Waals surface area (Å²) in [5.41, 5.74) is 1.12. The maximum atomic E-state index is 15.0. The normalized spacial score (nSPS) is 15.1. The van der Waals surface area contributed by atoms with Gasteiger partial charge in [-0.2, -0.15) is 0 Å². The second-order valence-electron chi connectivity index (χ2n) is 8.53. The van der Waals surface area contributed by atoms with Crippen molar-refractivity contribution in [1.82, 2.24) is 10.2 Å². The van der Waals surface area contributed by atoms with Crippen LogP contribution in [0.3, 0.4) is 0 Å². The quantitative estimate of drug-likeness (QED) is 0.468. The summed E-state index contributed by atoms with van der Waals surface area (Å²) in [5.74, 6) is -1.00. The Bertz CT molecular complexity index is 1050. The van der Waals surface area contributed by atoms with Crippen LogP contribution in [0.1, 0.15) is 54.1 Å². The predicted octanol–water partition coefficient (Wildman–Crippen LogP) is 5.65. The number of hydrogen-bond donors (Lipinski definition) is 1. The van der Waals surface area contributed by atoms with Crippen molar-refractivity contribution in [1.29, 1.82) is 0 Å². The molecule has 1 atom stereocenters. The number of hydrogen-bond acceptors (Lipinski definition) is 3. The minimum atomic E-state index is -1.04. The topological polar surface area (TPSA) is 49.4 Å². The fraction of sp³-hybridized carbons (Fsp3) is 0.333. The van der Waals surface area contributed by atoms with Gasteiger partial charge < -0.3 is 10.2 Å². The highest BCUT2D eigenvalue weighted by Gasteiger charge is 2.34. The van der Waals surface area contributed by atoms with Crippen LogP contribution in [0.15, 0.2) is 72.1 Å². The number of benzene rings is 2. The number of carbonyl (C=O) groups excluding carboxylic acids is 2. The van der Waals surface area contributed by atoms with Crippen molar-refractivity contribution < 1.29 is 14.0 Å². The first-order valence-corrected chi connectivity index (χ1v) is 12.4. The van der Waals surface area contributed by atoms with E-state index in [1.54, 1.807) is 18.2 Å². The molecule has 4 nitrogen and oxygen atoms in total. The third kappa shape index (κ3) is 6.08. The molecule has 1 aliphatic rings. The van der Waals surface area contributed by atoms with E-state index in [-0.39, 0.29) is 36.4 Å². The van der Waals surface area contributed by atoms with Gasteiger partial charge in [0.25, 0.3) is 0 Å². The van der Waals surface area contributed by atoms with Crippen LogP contribution in [0.25, 0.3) is 0 Å². The summed E-state index contributed by atoms with van der Waals surface area (Å²) in [6.45, 7) is 0.224. The molecule has 0 saturated heterocycles. The summed E-state index contributed by atoms with van der Waals surface area (Å²) in [7, 11) is 0. The molecule has 1 N–H and O–H groups in total. The number of halogens is 1. The molecule has 6 heteroatoms. The Morgan fingerprint density at radius 1 is 0.970 bits per heavy atom. The minimum Gasteiger partial charge on any atom is -0.351 e. The molecule has 1 saturated carbocycles. The fourth-order valence-corrected chi connectivity index (χ4v) is 5.14. The van der Waals surface area contributed by atoms with E-state index in [2.05, 4.69) is 5.32 Å². The molecular weight excluding hydrogens is 435 g/mol. The standard InChI is InChI=1S/C27H29FN2O2S/c28-24-16-8-7-15-23(24)26(27(32)29-21-12-5-2-6-13-21)30(19-20-10-3-1-4-11-20)25(31)18-22-14-9-17-33-22/h1,3-4,7-11,14-17,21,26H,2,5-6,12-13,18-19H2,(H,29,32)/t26-/m1/s1. The van der Waals surface area contributed by atoms with E-state index < -0.39 is 11.9 Å². The lowest BCUT2D eigenvalue weighted by Gasteiger charge is -2.33. The lowest BCUT2D eigenvalue weighted by Crippen LogP contribution is -2.47. The molecule has 0 radical (unpaired) electrons. The first-order valence-electron chi connectivity index (χ1n) is 11.5. The number of nitrogens with one attached hydrogen (secondary N) is 1. The van der Waals surface area contributed by atoms with Crippen LogP contribution in [0.5, 0.6) is 0 Å². The van der Waals surface area contributed by atoms with Crippen LogP contribution in [0.4, 0.5) is 4.39 Å². The Morgan fingerprint density at radius 3 is 2.39 bits per heavy atom. The molecule has 1 heterocycles. The molecule has 2 aromatic carbocycles. The van der Waals surface area contributed by atoms with E-state index in [4.69, 9.17) is 0 Å². The Balaban J connectivity index is 1.69. The molecule has 1 fully saturated rings. The van der Waals surface area contributed by atoms with Gasteiger partial charge in [-0.15, -0.1) is 11.3 Å². The third-order valence-electron chi connectivity index (χ3n) is 6.13. The molecule has 1 aromatic heterocycles. The molecule has 0 bridgehead atoms. The van der Waals surface area contributed by atoms with Crippen molar-refractivity contribution in [2.24, 2.45) is 0 Å². The molecule has 172 valence electrons. The van der Waals surface area contributed by atoms with Gasteiger partial charge in [0.05, 0.1) is 6.42 Å². The van der Waals surface area contributed by atoms with Crippen LogP contribution in [-0.2, 0) is 22.6 Å². The maximum absolute atomic E-state index is 15.0. The van der Waals surface area contributed by atoms with Gasteiger partial charge in [-0.1, -0.05) is 73.9 Å². The molecule has 33 heavy (non-hydrogen) atoms. The van der Waals surface area contributed by atoms with Gasteiger partial charge in [-0.25, -0.2) is 4.39 Å². The Morgan fingerprint density at radius 2 is 1.70 bits per heavy atom. The van der Waals surface area contributed by atoms with E-state index in [0.717, 1.165) is 36.1 Å². The van der Waals surface area contributed by atoms with Gasteiger partial charge in [0.1, 0.15) is 11.9 Å². The zero-order valence-electron chi connectivity index (χ0n) is 18.6. The minimum absolute atomic E-state index is 0.0616. The molecule has 4 rings (SSSR count). The third-order valence-corrected chi connectivity index (χ3v) is 7.01. The van der Waals surface area contributed by atoms with Crippen LogP contribution >= 0.6 is 11.3 Å². The van der Waals surface area contributed by atoms with E-state index >= 15 is 4.39 Å². The summed E-state index contributed by atoms with van der Waals surface area (Å²) in [6.07, 6.45) is 5.31. The zero-order chi connectivity index (χ0) is 23.0. The van der Waals surface area contributed by atoms with E-state index in [0.29, 0.717) is 0 Å². The molecule has 0 unspecified atom stereocenters. The monoisotopic (exact) mass is 464 g/mol. The Hall–Kier alpha value is -2.99. The van der Waals surface area contributed by atoms with Crippen molar-refractivity contribution in [3.8, 4) is 0 Å². The summed E-state index contributed by atoms with van der Waals surface area (Å²) in [6, 6.07) is 18.6. The van der Waals surface area contributed by atoms with Crippen molar-refractivity contribution in [3.05, 3.63) is 93.9 Å². The molecule has 0 spiro atoms. The van der Waals surface area contributed by atoms with Crippen LogP contribution in [-0.4, -0.2) is 22.8 Å². The smallest absolute Gasteiger partial charge is 0.247 e. The predicted molar refractivity (Wildman–Crippen MR) is 129 cm³/mol. The number of nitrogens with zero attached hydrogens (tertiary/aromatic N) is 1. The highest BCUT2D eigenvalue weighted by Crippen LogP contribution is 2.28. The Labute approximate surface area is 198 Å². The number of carbonyl (C=O) groups is 2. The van der Waals surface area contributed by atoms with Crippen molar-refractivity contribution >= 4 is 23.2 Å². The summed E-state index contributed by atoms with van der Waals surface area (Å²) in [4.78, 5) is 29.6. The largest absolute Gasteiger partial charge is 0.351 e. The molecule has 3 aromatic rings. The Kier molecular flexibility index (Phi) is 7.89. The average Bonchev–Trinajstić information content (AvgIpc) is 3.34. The highest BCUT2D eigenvalue weighted by atomic mass is 32.1. The SMILES string of the molecule is O=C(NC1CCCCC1)[C@@H](c1ccccc1F)N(Cc1ccccc1)C(=O)Cc1cccs1. The van der Waals surface area contributed by atoms with Crippen molar-refractivity contribution in [2.75, 3.05) is 0 Å². The van der Waals surface area contributed by atoms with Crippen LogP contribution in [0, 0.1) is 5.82 Å². The zero-order valence-corrected chi connectivity index (χ0v) is 19.4. The number of rotatable bonds is 8. The number of thiophene rings is 1. The van der Waals surface area contributed by atoms with E-state index in [9.17, 15) is 9.59 Å². The first-order chi connectivity index (χ1) is 16.1. The lowest BCUT2D eigenvalue weighted by molar-refractivity contribution is -0.141. The van der Waals surface area contributed by atoms with Crippen molar-refractivity contribution in [3.63, 3.8) is 0 Å². The lowest BCUT2D eigenvalue weighted by atomic mass is 9.94. The van der Waals surface area contributed by atoms with Crippen LogP contribution < -0.4 is 5.32 Å². The van der Waals surface area contributed by atoms with Gasteiger partial charge in [-0.3, -0.25) is 9.59 Å². The molecule has 2 amide bonds. The summed E-state index contributed by atoms with van der Waals surface area (Å²) >= 11 is 1.50. The first kappa shape index (κ1) is 23.2. The summed E-state index contributed by atoms with van der Waals surface area (Å²) in [5, 5.41) is 5.05. The highest BCUT2D eigenvalue weighted by molar-refractivity contribution is 7.10. The fourth-order valence-electron chi connectivity index (χ4n) is 4.44. The van der Waals surface area contributed by atoms with Gasteiger partial charge in [-0.05, 0) is 35.9 Å². The second kappa shape index (κ2) is 11.2. The van der Waals surface area contributed by atoms with Gasteiger partial charge in [0.15, 0.2) is 0 Å². The van der Waals surface area contributed by atoms with Gasteiger partial charge >= 0.3 is 0 Å². The molecule has 1 aliphatic carbocycles.